The SMILES string of the molecule is CCC1CCC(O)(C(CN2CCN(C)CC2)c2cccc(Cl)c2)CC1. The molecule has 2 aliphatic rings. The lowest BCUT2D eigenvalue weighted by molar-refractivity contribution is -0.0442. The first-order valence-electron chi connectivity index (χ1n) is 9.89. The third-order valence-electron chi connectivity index (χ3n) is 6.48. The van der Waals surface area contributed by atoms with E-state index in [2.05, 4.69) is 35.9 Å². The maximum absolute atomic E-state index is 11.6. The number of benzene rings is 1. The minimum atomic E-state index is -0.598. The summed E-state index contributed by atoms with van der Waals surface area (Å²) >= 11 is 6.28. The van der Waals surface area contributed by atoms with Crippen LogP contribution in [0.3, 0.4) is 0 Å². The van der Waals surface area contributed by atoms with Crippen molar-refractivity contribution in [1.29, 1.82) is 0 Å². The van der Waals surface area contributed by atoms with Crippen LogP contribution in [0.5, 0.6) is 0 Å². The predicted molar refractivity (Wildman–Crippen MR) is 105 cm³/mol. The quantitative estimate of drug-likeness (QED) is 0.855. The Bertz CT molecular complexity index is 549. The van der Waals surface area contributed by atoms with Gasteiger partial charge in [-0.3, -0.25) is 0 Å². The molecule has 3 nitrogen and oxygen atoms in total. The molecule has 1 unspecified atom stereocenters. The maximum Gasteiger partial charge on any atom is 0.0728 e. The zero-order valence-electron chi connectivity index (χ0n) is 15.8. The van der Waals surface area contributed by atoms with Crippen molar-refractivity contribution in [3.63, 3.8) is 0 Å². The normalized spacial score (nSPS) is 30.3. The van der Waals surface area contributed by atoms with Gasteiger partial charge in [0.1, 0.15) is 0 Å². The molecule has 1 aliphatic carbocycles. The van der Waals surface area contributed by atoms with Crippen LogP contribution in [0.15, 0.2) is 24.3 Å². The Hall–Kier alpha value is -0.610. The van der Waals surface area contributed by atoms with Crippen LogP contribution in [0.1, 0.15) is 50.5 Å². The summed E-state index contributed by atoms with van der Waals surface area (Å²) in [5, 5.41) is 12.4. The van der Waals surface area contributed by atoms with Crippen molar-refractivity contribution < 1.29 is 5.11 Å². The van der Waals surface area contributed by atoms with Gasteiger partial charge in [0.25, 0.3) is 0 Å². The molecule has 0 bridgehead atoms. The highest BCUT2D eigenvalue weighted by molar-refractivity contribution is 6.30. The molecule has 1 saturated heterocycles. The molecule has 0 amide bonds. The molecule has 1 saturated carbocycles. The van der Waals surface area contributed by atoms with Gasteiger partial charge in [0, 0.05) is 43.7 Å². The van der Waals surface area contributed by atoms with Crippen molar-refractivity contribution in [3.05, 3.63) is 34.9 Å². The van der Waals surface area contributed by atoms with Crippen molar-refractivity contribution >= 4 is 11.6 Å². The highest BCUT2D eigenvalue weighted by Crippen LogP contribution is 2.43. The molecule has 4 heteroatoms. The van der Waals surface area contributed by atoms with E-state index in [1.165, 1.54) is 12.0 Å². The van der Waals surface area contributed by atoms with Gasteiger partial charge in [-0.15, -0.1) is 0 Å². The molecule has 0 aromatic heterocycles. The predicted octanol–water partition coefficient (Wildman–Crippen LogP) is 4.00. The second kappa shape index (κ2) is 8.39. The van der Waals surface area contributed by atoms with Crippen molar-refractivity contribution in [2.75, 3.05) is 39.8 Å². The lowest BCUT2D eigenvalue weighted by Gasteiger charge is -2.44. The summed E-state index contributed by atoms with van der Waals surface area (Å²) in [5.41, 5.74) is 0.601. The maximum atomic E-state index is 11.6. The lowest BCUT2D eigenvalue weighted by Crippen LogP contribution is -2.50. The summed E-state index contributed by atoms with van der Waals surface area (Å²) in [7, 11) is 2.19. The smallest absolute Gasteiger partial charge is 0.0728 e. The fourth-order valence-corrected chi connectivity index (χ4v) is 4.73. The van der Waals surface area contributed by atoms with Crippen molar-refractivity contribution in [2.24, 2.45) is 5.92 Å². The molecular formula is C21H33ClN2O. The lowest BCUT2D eigenvalue weighted by atomic mass is 9.69. The third-order valence-corrected chi connectivity index (χ3v) is 6.72. The third kappa shape index (κ3) is 4.77. The Labute approximate surface area is 158 Å². The largest absolute Gasteiger partial charge is 0.389 e. The summed E-state index contributed by atoms with van der Waals surface area (Å²) in [4.78, 5) is 4.90. The standard InChI is InChI=1S/C21H33ClN2O/c1-3-17-7-9-21(25,10-8-17)20(18-5-4-6-19(22)15-18)16-24-13-11-23(2)12-14-24/h4-6,15,17,20,25H,3,7-14,16H2,1-2H3. The van der Waals surface area contributed by atoms with Crippen LogP contribution in [-0.4, -0.2) is 60.3 Å². The van der Waals surface area contributed by atoms with Crippen molar-refractivity contribution in [3.8, 4) is 0 Å². The summed E-state index contributed by atoms with van der Waals surface area (Å²) in [6.45, 7) is 7.59. The number of rotatable bonds is 5. The van der Waals surface area contributed by atoms with Crippen LogP contribution in [-0.2, 0) is 0 Å². The summed E-state index contributed by atoms with van der Waals surface area (Å²) < 4.78 is 0. The van der Waals surface area contributed by atoms with Crippen LogP contribution in [0.25, 0.3) is 0 Å². The summed E-state index contributed by atoms with van der Waals surface area (Å²) in [5.74, 6) is 0.927. The van der Waals surface area contributed by atoms with E-state index in [0.717, 1.165) is 69.3 Å². The summed E-state index contributed by atoms with van der Waals surface area (Å²) in [6.07, 6.45) is 5.35. The number of aliphatic hydroxyl groups is 1. The second-order valence-corrected chi connectivity index (χ2v) is 8.60. The molecule has 25 heavy (non-hydrogen) atoms. The van der Waals surface area contributed by atoms with Gasteiger partial charge in [0.05, 0.1) is 5.60 Å². The van der Waals surface area contributed by atoms with E-state index in [4.69, 9.17) is 11.6 Å². The molecule has 0 radical (unpaired) electrons. The number of halogens is 1. The van der Waals surface area contributed by atoms with E-state index < -0.39 is 5.60 Å². The van der Waals surface area contributed by atoms with Crippen LogP contribution in [0.4, 0.5) is 0 Å². The van der Waals surface area contributed by atoms with Crippen LogP contribution >= 0.6 is 11.6 Å². The molecule has 1 aromatic rings. The number of likely N-dealkylation sites (N-methyl/N-ethyl adjacent to an activating group) is 1. The van der Waals surface area contributed by atoms with Crippen LogP contribution < -0.4 is 0 Å². The van der Waals surface area contributed by atoms with E-state index in [-0.39, 0.29) is 5.92 Å². The van der Waals surface area contributed by atoms with Crippen molar-refractivity contribution in [1.82, 2.24) is 9.80 Å². The summed E-state index contributed by atoms with van der Waals surface area (Å²) in [6, 6.07) is 8.16. The molecular weight excluding hydrogens is 332 g/mol. The average Bonchev–Trinajstić information content (AvgIpc) is 2.62. The highest BCUT2D eigenvalue weighted by Gasteiger charge is 2.41. The van der Waals surface area contributed by atoms with Gasteiger partial charge in [0.2, 0.25) is 0 Å². The van der Waals surface area contributed by atoms with Gasteiger partial charge in [-0.05, 0) is 56.3 Å². The van der Waals surface area contributed by atoms with Crippen LogP contribution in [0, 0.1) is 5.92 Å². The Morgan fingerprint density at radius 3 is 2.48 bits per heavy atom. The van der Waals surface area contributed by atoms with Gasteiger partial charge in [-0.1, -0.05) is 37.1 Å². The van der Waals surface area contributed by atoms with Gasteiger partial charge in [-0.2, -0.15) is 0 Å². The van der Waals surface area contributed by atoms with Crippen molar-refractivity contribution in [2.45, 2.75) is 50.5 Å². The Balaban J connectivity index is 1.79. The molecule has 3 rings (SSSR count). The molecule has 1 aromatic carbocycles. The highest BCUT2D eigenvalue weighted by atomic mass is 35.5. The zero-order valence-corrected chi connectivity index (χ0v) is 16.5. The Kier molecular flexibility index (Phi) is 6.43. The first-order chi connectivity index (χ1) is 12.0. The fraction of sp³-hybridized carbons (Fsp3) is 0.714. The van der Waals surface area contributed by atoms with Gasteiger partial charge >= 0.3 is 0 Å². The van der Waals surface area contributed by atoms with E-state index in [1.54, 1.807) is 0 Å². The molecule has 140 valence electrons. The minimum absolute atomic E-state index is 0.146. The minimum Gasteiger partial charge on any atom is -0.389 e. The van der Waals surface area contributed by atoms with E-state index in [1.807, 2.05) is 12.1 Å². The van der Waals surface area contributed by atoms with Gasteiger partial charge in [-0.25, -0.2) is 0 Å². The molecule has 1 N–H and O–H groups in total. The Morgan fingerprint density at radius 2 is 1.88 bits per heavy atom. The fourth-order valence-electron chi connectivity index (χ4n) is 4.53. The number of piperazine rings is 1. The molecule has 0 spiro atoms. The Morgan fingerprint density at radius 1 is 1.20 bits per heavy atom. The van der Waals surface area contributed by atoms with Crippen LogP contribution in [0.2, 0.25) is 5.02 Å². The van der Waals surface area contributed by atoms with Gasteiger partial charge in [0.15, 0.2) is 0 Å². The van der Waals surface area contributed by atoms with Gasteiger partial charge < -0.3 is 14.9 Å². The van der Waals surface area contributed by atoms with E-state index in [9.17, 15) is 5.11 Å². The van der Waals surface area contributed by atoms with E-state index >= 15 is 0 Å². The first kappa shape index (κ1) is 19.2. The topological polar surface area (TPSA) is 26.7 Å². The van der Waals surface area contributed by atoms with E-state index in [0.29, 0.717) is 0 Å². The molecule has 1 atom stereocenters. The molecule has 1 aliphatic heterocycles. The average molecular weight is 365 g/mol. The number of nitrogens with zero attached hydrogens (tertiary/aromatic N) is 2. The number of hydrogen-bond donors (Lipinski definition) is 1. The first-order valence-corrected chi connectivity index (χ1v) is 10.3. The second-order valence-electron chi connectivity index (χ2n) is 8.17. The monoisotopic (exact) mass is 364 g/mol. The number of hydrogen-bond acceptors (Lipinski definition) is 3. The zero-order chi connectivity index (χ0) is 17.9. The molecule has 2 fully saturated rings. The molecule has 1 heterocycles.